The fourth-order valence-corrected chi connectivity index (χ4v) is 5.98. The average molecular weight is 811 g/mol. The monoisotopic (exact) mass is 811 g/mol. The molecule has 0 saturated carbocycles. The topological polar surface area (TPSA) is 127 Å². The summed E-state index contributed by atoms with van der Waals surface area (Å²) in [7, 11) is 0. The lowest BCUT2D eigenvalue weighted by Gasteiger charge is -2.30. The third kappa shape index (κ3) is 21.4. The van der Waals surface area contributed by atoms with Gasteiger partial charge in [0.25, 0.3) is 0 Å². The van der Waals surface area contributed by atoms with Gasteiger partial charge < -0.3 is 18.9 Å². The Kier molecular flexibility index (Phi) is 20.0. The molecule has 2 aromatic rings. The van der Waals surface area contributed by atoms with Crippen LogP contribution >= 0.6 is 0 Å². The van der Waals surface area contributed by atoms with Crippen molar-refractivity contribution in [3.8, 4) is 0 Å². The Balaban J connectivity index is 1.93. The van der Waals surface area contributed by atoms with E-state index in [9.17, 15) is 19.2 Å². The molecule has 0 bridgehead atoms. The van der Waals surface area contributed by atoms with Crippen LogP contribution in [0.25, 0.3) is 0 Å². The van der Waals surface area contributed by atoms with Crippen molar-refractivity contribution in [2.45, 2.75) is 163 Å². The van der Waals surface area contributed by atoms with Crippen molar-refractivity contribution in [3.05, 3.63) is 60.7 Å². The normalized spacial score (nSPS) is 12.6. The fourth-order valence-electron chi connectivity index (χ4n) is 5.98. The molecule has 2 rings (SSSR count). The molecule has 0 heterocycles. The number of benzene rings is 2. The number of hydrazine groups is 1. The number of nitrogens with zero attached hydrogens (tertiary/aromatic N) is 3. The predicted molar refractivity (Wildman–Crippen MR) is 232 cm³/mol. The maximum Gasteiger partial charge on any atom is 0.424 e. The van der Waals surface area contributed by atoms with Crippen LogP contribution in [0.15, 0.2) is 60.7 Å². The SMILES string of the molecule is CC(C)(C)OC(=O)C(CCCCCCCCN(NCCN(C(=O)OC(C)(C)C)c1ccccc1)C(=O)OC(C)(C)C)CCCN(C(=O)OC(C)(C)C)c1ccccc1. The molecule has 0 aliphatic heterocycles. The lowest BCUT2D eigenvalue weighted by molar-refractivity contribution is -0.160. The maximum absolute atomic E-state index is 13.3. The summed E-state index contributed by atoms with van der Waals surface area (Å²) < 4.78 is 22.9. The molecule has 1 unspecified atom stereocenters. The number of amides is 3. The summed E-state index contributed by atoms with van der Waals surface area (Å²) in [6, 6.07) is 18.8. The van der Waals surface area contributed by atoms with Crippen LogP contribution in [0.2, 0.25) is 0 Å². The van der Waals surface area contributed by atoms with Gasteiger partial charge in [0.1, 0.15) is 22.4 Å². The van der Waals surface area contributed by atoms with E-state index < -0.39 is 40.7 Å². The van der Waals surface area contributed by atoms with Crippen LogP contribution in [0.5, 0.6) is 0 Å². The van der Waals surface area contributed by atoms with E-state index in [4.69, 9.17) is 18.9 Å². The third-order valence-corrected chi connectivity index (χ3v) is 8.47. The van der Waals surface area contributed by atoms with E-state index in [1.807, 2.05) is 144 Å². The van der Waals surface area contributed by atoms with Gasteiger partial charge in [-0.2, -0.15) is 0 Å². The molecule has 12 heteroatoms. The van der Waals surface area contributed by atoms with E-state index in [2.05, 4.69) is 5.43 Å². The highest BCUT2D eigenvalue weighted by atomic mass is 16.6. The number of anilines is 2. The Morgan fingerprint density at radius 2 is 0.879 bits per heavy atom. The Hall–Kier alpha value is -4.32. The second kappa shape index (κ2) is 23.3. The van der Waals surface area contributed by atoms with E-state index in [-0.39, 0.29) is 18.4 Å². The van der Waals surface area contributed by atoms with Crippen molar-refractivity contribution in [3.63, 3.8) is 0 Å². The molecule has 0 aromatic heterocycles. The number of hydrogen-bond acceptors (Lipinski definition) is 9. The van der Waals surface area contributed by atoms with Gasteiger partial charge in [-0.25, -0.2) is 24.8 Å². The zero-order chi connectivity index (χ0) is 43.6. The van der Waals surface area contributed by atoms with Gasteiger partial charge >= 0.3 is 24.2 Å². The zero-order valence-corrected chi connectivity index (χ0v) is 37.7. The van der Waals surface area contributed by atoms with E-state index in [1.165, 1.54) is 5.01 Å². The minimum atomic E-state index is -0.667. The highest BCUT2D eigenvalue weighted by Gasteiger charge is 2.28. The van der Waals surface area contributed by atoms with Crippen molar-refractivity contribution >= 4 is 35.6 Å². The molecule has 0 radical (unpaired) electrons. The second-order valence-electron chi connectivity index (χ2n) is 18.8. The summed E-state index contributed by atoms with van der Waals surface area (Å²) in [5.74, 6) is -0.485. The molecular formula is C46H74N4O8. The maximum atomic E-state index is 13.3. The van der Waals surface area contributed by atoms with Gasteiger partial charge in [-0.1, -0.05) is 68.5 Å². The minimum absolute atomic E-state index is 0.205. The molecule has 0 aliphatic rings. The average Bonchev–Trinajstić information content (AvgIpc) is 3.08. The first-order chi connectivity index (χ1) is 26.9. The van der Waals surface area contributed by atoms with Crippen molar-refractivity contribution in [1.29, 1.82) is 0 Å². The summed E-state index contributed by atoms with van der Waals surface area (Å²) in [5, 5.41) is 1.50. The largest absolute Gasteiger partial charge is 0.460 e. The number of ether oxygens (including phenoxy) is 4. The highest BCUT2D eigenvalue weighted by Crippen LogP contribution is 2.25. The first-order valence-corrected chi connectivity index (χ1v) is 21.0. The summed E-state index contributed by atoms with van der Waals surface area (Å²) >= 11 is 0. The lowest BCUT2D eigenvalue weighted by atomic mass is 9.95. The van der Waals surface area contributed by atoms with Crippen molar-refractivity contribution < 1.29 is 38.1 Å². The predicted octanol–water partition coefficient (Wildman–Crippen LogP) is 11.1. The zero-order valence-electron chi connectivity index (χ0n) is 37.7. The van der Waals surface area contributed by atoms with E-state index in [0.717, 1.165) is 44.2 Å². The molecule has 0 aliphatic carbocycles. The quantitative estimate of drug-likeness (QED) is 0.0602. The number of carbonyl (C=O) groups is 4. The van der Waals surface area contributed by atoms with Gasteiger partial charge in [-0.15, -0.1) is 0 Å². The highest BCUT2D eigenvalue weighted by molar-refractivity contribution is 5.88. The second-order valence-corrected chi connectivity index (χ2v) is 18.8. The van der Waals surface area contributed by atoms with Gasteiger partial charge in [0.2, 0.25) is 0 Å². The Bertz CT molecular complexity index is 1410. The molecular weight excluding hydrogens is 737 g/mol. The number of unbranched alkanes of at least 4 members (excludes halogenated alkanes) is 5. The fraction of sp³-hybridized carbons (Fsp3) is 0.652. The number of para-hydroxylation sites is 2. The molecule has 2 aromatic carbocycles. The van der Waals surface area contributed by atoms with Crippen LogP contribution in [-0.4, -0.2) is 77.8 Å². The third-order valence-electron chi connectivity index (χ3n) is 8.47. The van der Waals surface area contributed by atoms with Crippen LogP contribution in [0, 0.1) is 5.92 Å². The van der Waals surface area contributed by atoms with Gasteiger partial charge in [-0.3, -0.25) is 14.6 Å². The first kappa shape index (κ1) is 49.8. The van der Waals surface area contributed by atoms with E-state index in [0.29, 0.717) is 44.6 Å². The number of esters is 1. The van der Waals surface area contributed by atoms with Gasteiger partial charge in [0, 0.05) is 37.6 Å². The lowest BCUT2D eigenvalue weighted by Crippen LogP contribution is -2.49. The first-order valence-electron chi connectivity index (χ1n) is 21.0. The molecule has 58 heavy (non-hydrogen) atoms. The molecule has 1 N–H and O–H groups in total. The van der Waals surface area contributed by atoms with Crippen molar-refractivity contribution in [2.24, 2.45) is 5.92 Å². The van der Waals surface area contributed by atoms with Crippen molar-refractivity contribution in [2.75, 3.05) is 36.0 Å². The van der Waals surface area contributed by atoms with E-state index >= 15 is 0 Å². The molecule has 326 valence electrons. The van der Waals surface area contributed by atoms with Crippen LogP contribution in [0.1, 0.15) is 141 Å². The van der Waals surface area contributed by atoms with Crippen molar-refractivity contribution in [1.82, 2.24) is 10.4 Å². The smallest absolute Gasteiger partial charge is 0.424 e. The minimum Gasteiger partial charge on any atom is -0.460 e. The standard InChI is InChI=1S/C46H74N4O8/c1-43(2,3)55-39(51)36(27-25-33-48(37-28-20-17-21-29-37)40(52)56-44(4,5)6)26-19-15-13-14-16-24-34-50(42(54)58-46(10,11)12)47-32-35-49(38-30-22-18-23-31-38)41(53)57-45(7,8)9/h17-18,20-23,28-31,36,47H,13-16,19,24-27,32-35H2,1-12H3. The summed E-state index contributed by atoms with van der Waals surface area (Å²) in [5.41, 5.74) is 2.10. The molecule has 12 nitrogen and oxygen atoms in total. The van der Waals surface area contributed by atoms with Gasteiger partial charge in [0.05, 0.1) is 5.92 Å². The summed E-state index contributed by atoms with van der Waals surface area (Å²) in [6.07, 6.45) is 6.03. The Morgan fingerprint density at radius 1 is 0.483 bits per heavy atom. The molecule has 0 spiro atoms. The van der Waals surface area contributed by atoms with Gasteiger partial charge in [-0.05, 0) is 133 Å². The number of hydrogen-bond donors (Lipinski definition) is 1. The van der Waals surface area contributed by atoms with Crippen LogP contribution in [-0.2, 0) is 23.7 Å². The Morgan fingerprint density at radius 3 is 1.34 bits per heavy atom. The summed E-state index contributed by atoms with van der Waals surface area (Å²) in [6.45, 7) is 23.6. The molecule has 1 atom stereocenters. The van der Waals surface area contributed by atoms with E-state index in [1.54, 1.807) is 9.80 Å². The molecule has 3 amide bonds. The summed E-state index contributed by atoms with van der Waals surface area (Å²) in [4.78, 5) is 55.9. The van der Waals surface area contributed by atoms with Crippen LogP contribution < -0.4 is 15.2 Å². The molecule has 0 saturated heterocycles. The number of rotatable bonds is 20. The molecule has 0 fully saturated rings. The number of carbonyl (C=O) groups excluding carboxylic acids is 4. The van der Waals surface area contributed by atoms with Crippen LogP contribution in [0.3, 0.4) is 0 Å². The Labute approximate surface area is 349 Å². The van der Waals surface area contributed by atoms with Crippen LogP contribution in [0.4, 0.5) is 25.8 Å². The van der Waals surface area contributed by atoms with Gasteiger partial charge in [0.15, 0.2) is 0 Å². The number of nitrogens with one attached hydrogen (secondary N) is 1.